The van der Waals surface area contributed by atoms with Crippen molar-refractivity contribution in [1.82, 2.24) is 4.90 Å². The van der Waals surface area contributed by atoms with Crippen LogP contribution in [0.5, 0.6) is 0 Å². The molecule has 3 atom stereocenters. The molecule has 3 aromatic carbocycles. The van der Waals surface area contributed by atoms with Gasteiger partial charge in [-0.05, 0) is 67.7 Å². The van der Waals surface area contributed by atoms with E-state index in [9.17, 15) is 4.79 Å². The molecule has 0 aromatic heterocycles. The molecule has 3 aromatic rings. The van der Waals surface area contributed by atoms with Crippen molar-refractivity contribution in [1.29, 1.82) is 0 Å². The minimum atomic E-state index is 0.134. The van der Waals surface area contributed by atoms with Crippen LogP contribution in [0.2, 0.25) is 0 Å². The Morgan fingerprint density at radius 2 is 1.28 bits per heavy atom. The topological polar surface area (TPSA) is 20.3 Å². The maximum Gasteiger partial charge on any atom is 0.165 e. The van der Waals surface area contributed by atoms with E-state index in [4.69, 9.17) is 0 Å². The van der Waals surface area contributed by atoms with Gasteiger partial charge in [0.15, 0.2) is 5.78 Å². The largest absolute Gasteiger partial charge is 0.303 e. The van der Waals surface area contributed by atoms with Crippen LogP contribution in [0.1, 0.15) is 59.0 Å². The molecule has 0 amide bonds. The Kier molecular flexibility index (Phi) is 6.50. The fourth-order valence-corrected chi connectivity index (χ4v) is 5.99. The van der Waals surface area contributed by atoms with Crippen LogP contribution in [0.4, 0.5) is 0 Å². The van der Waals surface area contributed by atoms with Gasteiger partial charge in [-0.25, -0.2) is 0 Å². The number of nitrogens with zero attached hydrogens (tertiary/aromatic N) is 1. The minimum absolute atomic E-state index is 0.134. The fourth-order valence-electron chi connectivity index (χ4n) is 5.99. The number of hydrogen-bond donors (Lipinski definition) is 0. The smallest absolute Gasteiger partial charge is 0.165 e. The van der Waals surface area contributed by atoms with E-state index in [0.29, 0.717) is 23.5 Å². The Bertz CT molecular complexity index is 993. The summed E-state index contributed by atoms with van der Waals surface area (Å²) in [6, 6.07) is 31.8. The number of carbonyl (C=O) groups is 1. The second-order valence-electron chi connectivity index (χ2n) is 9.66. The van der Waals surface area contributed by atoms with Crippen molar-refractivity contribution in [3.8, 4) is 0 Å². The highest BCUT2D eigenvalue weighted by atomic mass is 16.1. The molecule has 1 saturated carbocycles. The summed E-state index contributed by atoms with van der Waals surface area (Å²) in [4.78, 5) is 15.9. The molecule has 3 unspecified atom stereocenters. The number of rotatable bonds is 6. The van der Waals surface area contributed by atoms with Crippen LogP contribution in [-0.2, 0) is 0 Å². The zero-order chi connectivity index (χ0) is 21.8. The van der Waals surface area contributed by atoms with E-state index < -0.39 is 0 Å². The summed E-state index contributed by atoms with van der Waals surface area (Å²) in [6.45, 7) is 3.43. The molecule has 2 nitrogen and oxygen atoms in total. The summed E-state index contributed by atoms with van der Waals surface area (Å²) in [5.41, 5.74) is 3.76. The first-order valence-electron chi connectivity index (χ1n) is 12.2. The van der Waals surface area contributed by atoms with Gasteiger partial charge in [-0.2, -0.15) is 0 Å². The summed E-state index contributed by atoms with van der Waals surface area (Å²) >= 11 is 0. The molecular formula is C30H33NO. The second kappa shape index (κ2) is 9.83. The first-order valence-corrected chi connectivity index (χ1v) is 12.2. The number of likely N-dealkylation sites (tertiary alicyclic amines) is 1. The van der Waals surface area contributed by atoms with E-state index in [1.54, 1.807) is 0 Å². The lowest BCUT2D eigenvalue weighted by Crippen LogP contribution is -2.37. The third-order valence-corrected chi connectivity index (χ3v) is 7.70. The lowest BCUT2D eigenvalue weighted by Gasteiger charge is -2.35. The Morgan fingerprint density at radius 3 is 1.91 bits per heavy atom. The van der Waals surface area contributed by atoms with Crippen LogP contribution in [0, 0.1) is 11.8 Å². The van der Waals surface area contributed by atoms with Crippen molar-refractivity contribution in [2.24, 2.45) is 11.8 Å². The average Bonchev–Trinajstić information content (AvgIpc) is 3.29. The highest BCUT2D eigenvalue weighted by molar-refractivity contribution is 5.98. The van der Waals surface area contributed by atoms with Crippen LogP contribution in [-0.4, -0.2) is 30.3 Å². The molecule has 1 heterocycles. The number of Topliss-reactive ketones (excluding diaryl/α,β-unsaturated/α-hetero) is 1. The molecule has 5 rings (SSSR count). The normalized spacial score (nSPS) is 24.4. The van der Waals surface area contributed by atoms with Gasteiger partial charge < -0.3 is 4.90 Å². The van der Waals surface area contributed by atoms with Gasteiger partial charge in [0, 0.05) is 18.0 Å². The molecule has 0 N–H and O–H groups in total. The van der Waals surface area contributed by atoms with E-state index >= 15 is 0 Å². The molecule has 164 valence electrons. The number of carbonyl (C=O) groups excluding carboxylic acids is 1. The number of benzene rings is 3. The van der Waals surface area contributed by atoms with E-state index in [2.05, 4.69) is 65.6 Å². The number of piperidine rings is 1. The van der Waals surface area contributed by atoms with Crippen molar-refractivity contribution in [3.05, 3.63) is 108 Å². The van der Waals surface area contributed by atoms with Crippen LogP contribution in [0.15, 0.2) is 91.0 Å². The molecule has 0 radical (unpaired) electrons. The van der Waals surface area contributed by atoms with Crippen LogP contribution in [0.3, 0.4) is 0 Å². The summed E-state index contributed by atoms with van der Waals surface area (Å²) in [7, 11) is 0. The predicted octanol–water partition coefficient (Wildman–Crippen LogP) is 6.56. The maximum atomic E-state index is 13.2. The highest BCUT2D eigenvalue weighted by Gasteiger charge is 2.39. The summed E-state index contributed by atoms with van der Waals surface area (Å²) in [5.74, 6) is 2.17. The SMILES string of the molecule is O=C(c1ccccc1)C1CC(CN2CCC(c3ccccc3)CC2)C(c2ccccc2)C1. The Balaban J connectivity index is 1.27. The average molecular weight is 424 g/mol. The van der Waals surface area contributed by atoms with E-state index in [0.717, 1.165) is 38.0 Å². The first kappa shape index (κ1) is 21.2. The van der Waals surface area contributed by atoms with Crippen LogP contribution in [0.25, 0.3) is 0 Å². The summed E-state index contributed by atoms with van der Waals surface area (Å²) in [5, 5.41) is 0. The van der Waals surface area contributed by atoms with Gasteiger partial charge in [-0.1, -0.05) is 91.0 Å². The Hall–Kier alpha value is -2.71. The summed E-state index contributed by atoms with van der Waals surface area (Å²) in [6.07, 6.45) is 4.45. The van der Waals surface area contributed by atoms with Gasteiger partial charge in [0.2, 0.25) is 0 Å². The van der Waals surface area contributed by atoms with E-state index in [1.165, 1.54) is 24.0 Å². The standard InChI is InChI=1S/C30H33NO/c32-30(26-14-8-3-9-15-26)27-20-28(29(21-27)25-12-6-2-7-13-25)22-31-18-16-24(17-19-31)23-10-4-1-5-11-23/h1-15,24,27-29H,16-22H2. The Labute approximate surface area is 192 Å². The highest BCUT2D eigenvalue weighted by Crippen LogP contribution is 2.45. The third-order valence-electron chi connectivity index (χ3n) is 7.70. The van der Waals surface area contributed by atoms with Gasteiger partial charge in [-0.3, -0.25) is 4.79 Å². The van der Waals surface area contributed by atoms with E-state index in [-0.39, 0.29) is 5.92 Å². The van der Waals surface area contributed by atoms with Gasteiger partial charge >= 0.3 is 0 Å². The molecule has 0 spiro atoms. The molecule has 0 bridgehead atoms. The van der Waals surface area contributed by atoms with Crippen molar-refractivity contribution >= 4 is 5.78 Å². The molecule has 2 fully saturated rings. The molecule has 1 aliphatic carbocycles. The lowest BCUT2D eigenvalue weighted by molar-refractivity contribution is 0.0916. The molecule has 2 heteroatoms. The van der Waals surface area contributed by atoms with Crippen molar-refractivity contribution in [2.75, 3.05) is 19.6 Å². The van der Waals surface area contributed by atoms with Crippen molar-refractivity contribution < 1.29 is 4.79 Å². The zero-order valence-electron chi connectivity index (χ0n) is 18.8. The molecule has 2 aliphatic rings. The van der Waals surface area contributed by atoms with Gasteiger partial charge in [0.25, 0.3) is 0 Å². The van der Waals surface area contributed by atoms with Crippen molar-refractivity contribution in [3.63, 3.8) is 0 Å². The Morgan fingerprint density at radius 1 is 0.719 bits per heavy atom. The monoisotopic (exact) mass is 423 g/mol. The quantitative estimate of drug-likeness (QED) is 0.419. The number of hydrogen-bond acceptors (Lipinski definition) is 2. The summed E-state index contributed by atoms with van der Waals surface area (Å²) < 4.78 is 0. The van der Waals surface area contributed by atoms with Crippen LogP contribution < -0.4 is 0 Å². The van der Waals surface area contributed by atoms with Crippen molar-refractivity contribution in [2.45, 2.75) is 37.5 Å². The lowest BCUT2D eigenvalue weighted by atomic mass is 9.86. The van der Waals surface area contributed by atoms with Gasteiger partial charge in [-0.15, -0.1) is 0 Å². The van der Waals surface area contributed by atoms with Gasteiger partial charge in [0.05, 0.1) is 0 Å². The first-order chi connectivity index (χ1) is 15.8. The molecule has 1 aliphatic heterocycles. The van der Waals surface area contributed by atoms with E-state index in [1.807, 2.05) is 30.3 Å². The zero-order valence-corrected chi connectivity index (χ0v) is 18.8. The molecule has 1 saturated heterocycles. The van der Waals surface area contributed by atoms with Gasteiger partial charge in [0.1, 0.15) is 0 Å². The second-order valence-corrected chi connectivity index (χ2v) is 9.66. The maximum absolute atomic E-state index is 13.2. The predicted molar refractivity (Wildman–Crippen MR) is 131 cm³/mol. The molecular weight excluding hydrogens is 390 g/mol. The fraction of sp³-hybridized carbons (Fsp3) is 0.367. The molecule has 32 heavy (non-hydrogen) atoms. The minimum Gasteiger partial charge on any atom is -0.303 e. The van der Waals surface area contributed by atoms with Crippen LogP contribution >= 0.6 is 0 Å². The number of ketones is 1. The third kappa shape index (κ3) is 4.71.